The van der Waals surface area contributed by atoms with Crippen molar-refractivity contribution in [2.45, 2.75) is 20.0 Å². The van der Waals surface area contributed by atoms with Crippen LogP contribution in [-0.2, 0) is 11.3 Å². The van der Waals surface area contributed by atoms with Gasteiger partial charge in [-0.05, 0) is 12.5 Å². The Balaban J connectivity index is 2.46. The van der Waals surface area contributed by atoms with Crippen LogP contribution in [0.2, 0.25) is 5.02 Å². The van der Waals surface area contributed by atoms with Crippen molar-refractivity contribution in [2.75, 3.05) is 19.8 Å². The van der Waals surface area contributed by atoms with Crippen LogP contribution >= 0.6 is 11.6 Å². The number of benzene rings is 1. The van der Waals surface area contributed by atoms with Gasteiger partial charge in [0.25, 0.3) is 0 Å². The van der Waals surface area contributed by atoms with Gasteiger partial charge < -0.3 is 14.6 Å². The maximum absolute atomic E-state index is 9.11. The summed E-state index contributed by atoms with van der Waals surface area (Å²) >= 11 is 5.97. The van der Waals surface area contributed by atoms with Crippen molar-refractivity contribution < 1.29 is 14.6 Å². The molecule has 0 aromatic heterocycles. The molecule has 0 fully saturated rings. The predicted octanol–water partition coefficient (Wildman–Crippen LogP) is 2.64. The molecule has 0 aliphatic rings. The molecule has 0 aliphatic heterocycles. The van der Waals surface area contributed by atoms with E-state index < -0.39 is 0 Å². The normalized spacial score (nSPS) is 10.4. The summed E-state index contributed by atoms with van der Waals surface area (Å²) in [6, 6.07) is 5.31. The monoisotopic (exact) mass is 244 g/mol. The summed E-state index contributed by atoms with van der Waals surface area (Å²) in [6.07, 6.45) is 0.994. The minimum absolute atomic E-state index is 0.0777. The number of para-hydroxylation sites is 1. The summed E-state index contributed by atoms with van der Waals surface area (Å²) in [6.45, 7) is 3.68. The van der Waals surface area contributed by atoms with E-state index in [-0.39, 0.29) is 6.61 Å². The van der Waals surface area contributed by atoms with Gasteiger partial charge in [-0.1, -0.05) is 30.7 Å². The summed E-state index contributed by atoms with van der Waals surface area (Å²) in [5, 5.41) is 9.63. The van der Waals surface area contributed by atoms with E-state index in [2.05, 4.69) is 6.92 Å². The molecule has 0 saturated carbocycles. The van der Waals surface area contributed by atoms with E-state index >= 15 is 0 Å². The third kappa shape index (κ3) is 4.00. The van der Waals surface area contributed by atoms with Crippen LogP contribution in [0.15, 0.2) is 18.2 Å². The van der Waals surface area contributed by atoms with Crippen LogP contribution in [0.4, 0.5) is 0 Å². The van der Waals surface area contributed by atoms with Gasteiger partial charge in [0.05, 0.1) is 18.2 Å². The molecule has 90 valence electrons. The zero-order valence-electron chi connectivity index (χ0n) is 9.41. The van der Waals surface area contributed by atoms with Gasteiger partial charge in [0.15, 0.2) is 0 Å². The van der Waals surface area contributed by atoms with Gasteiger partial charge in [0.2, 0.25) is 0 Å². The minimum atomic E-state index is -0.0777. The molecule has 0 unspecified atom stereocenters. The average Bonchev–Trinajstić information content (AvgIpc) is 2.30. The van der Waals surface area contributed by atoms with Gasteiger partial charge in [-0.3, -0.25) is 0 Å². The lowest BCUT2D eigenvalue weighted by atomic mass is 10.2. The molecule has 16 heavy (non-hydrogen) atoms. The van der Waals surface area contributed by atoms with Gasteiger partial charge in [0, 0.05) is 12.2 Å². The van der Waals surface area contributed by atoms with Gasteiger partial charge in [-0.25, -0.2) is 0 Å². The van der Waals surface area contributed by atoms with Crippen LogP contribution in [0.3, 0.4) is 0 Å². The molecule has 1 rings (SSSR count). The van der Waals surface area contributed by atoms with Gasteiger partial charge in [0.1, 0.15) is 12.4 Å². The lowest BCUT2D eigenvalue weighted by Gasteiger charge is -2.11. The molecule has 1 aromatic rings. The minimum Gasteiger partial charge on any atom is -0.489 e. The maximum atomic E-state index is 9.11. The molecule has 0 radical (unpaired) electrons. The SMILES string of the molecule is CCCOCCOc1c(Cl)cccc1CO. The molecule has 0 atom stereocenters. The molecule has 4 heteroatoms. The Kier molecular flexibility index (Phi) is 6.23. The van der Waals surface area contributed by atoms with Crippen molar-refractivity contribution in [3.8, 4) is 5.75 Å². The van der Waals surface area contributed by atoms with E-state index in [1.54, 1.807) is 18.2 Å². The smallest absolute Gasteiger partial charge is 0.143 e. The fourth-order valence-corrected chi connectivity index (χ4v) is 1.54. The number of aliphatic hydroxyl groups excluding tert-OH is 1. The molecule has 0 spiro atoms. The first-order valence-electron chi connectivity index (χ1n) is 5.38. The Bertz CT molecular complexity index is 315. The number of ether oxygens (including phenoxy) is 2. The average molecular weight is 245 g/mol. The molecule has 0 aliphatic carbocycles. The Morgan fingerprint density at radius 2 is 2.06 bits per heavy atom. The highest BCUT2D eigenvalue weighted by Gasteiger charge is 2.06. The number of hydrogen-bond donors (Lipinski definition) is 1. The van der Waals surface area contributed by atoms with Crippen molar-refractivity contribution in [1.29, 1.82) is 0 Å². The van der Waals surface area contributed by atoms with Crippen molar-refractivity contribution in [1.82, 2.24) is 0 Å². The lowest BCUT2D eigenvalue weighted by molar-refractivity contribution is 0.0997. The van der Waals surface area contributed by atoms with E-state index in [9.17, 15) is 0 Å². The van der Waals surface area contributed by atoms with Gasteiger partial charge in [-0.15, -0.1) is 0 Å². The Morgan fingerprint density at radius 1 is 1.25 bits per heavy atom. The number of hydrogen-bond acceptors (Lipinski definition) is 3. The topological polar surface area (TPSA) is 38.7 Å². The summed E-state index contributed by atoms with van der Waals surface area (Å²) in [4.78, 5) is 0. The summed E-state index contributed by atoms with van der Waals surface area (Å²) < 4.78 is 10.8. The van der Waals surface area contributed by atoms with Crippen molar-refractivity contribution >= 4 is 11.6 Å². The molecule has 0 amide bonds. The largest absolute Gasteiger partial charge is 0.489 e. The van der Waals surface area contributed by atoms with Crippen LogP contribution in [0, 0.1) is 0 Å². The second-order valence-electron chi connectivity index (χ2n) is 3.35. The summed E-state index contributed by atoms with van der Waals surface area (Å²) in [5.74, 6) is 0.548. The third-order valence-corrected chi connectivity index (χ3v) is 2.34. The summed E-state index contributed by atoms with van der Waals surface area (Å²) in [7, 11) is 0. The first-order chi connectivity index (χ1) is 7.79. The predicted molar refractivity (Wildman–Crippen MR) is 64.0 cm³/mol. The van der Waals surface area contributed by atoms with Crippen LogP contribution in [0.25, 0.3) is 0 Å². The van der Waals surface area contributed by atoms with Gasteiger partial charge in [-0.2, -0.15) is 0 Å². The highest BCUT2D eigenvalue weighted by atomic mass is 35.5. The zero-order chi connectivity index (χ0) is 11.8. The molecule has 0 saturated heterocycles. The van der Waals surface area contributed by atoms with Crippen LogP contribution in [0.5, 0.6) is 5.75 Å². The fraction of sp³-hybridized carbons (Fsp3) is 0.500. The van der Waals surface area contributed by atoms with Crippen LogP contribution in [-0.4, -0.2) is 24.9 Å². The first-order valence-corrected chi connectivity index (χ1v) is 5.76. The Labute approximate surface area is 101 Å². The van der Waals surface area contributed by atoms with Crippen LogP contribution in [0.1, 0.15) is 18.9 Å². The quantitative estimate of drug-likeness (QED) is 0.750. The highest BCUT2D eigenvalue weighted by Crippen LogP contribution is 2.28. The number of aliphatic hydroxyl groups is 1. The second-order valence-corrected chi connectivity index (χ2v) is 3.75. The molecular formula is C12H17ClO3. The van der Waals surface area contributed by atoms with E-state index in [4.69, 9.17) is 26.2 Å². The standard InChI is InChI=1S/C12H17ClO3/c1-2-6-15-7-8-16-12-10(9-14)4-3-5-11(12)13/h3-5,14H,2,6-9H2,1H3. The third-order valence-electron chi connectivity index (χ3n) is 2.04. The van der Waals surface area contributed by atoms with E-state index in [1.165, 1.54) is 0 Å². The Hall–Kier alpha value is -0.770. The lowest BCUT2D eigenvalue weighted by Crippen LogP contribution is -2.08. The zero-order valence-corrected chi connectivity index (χ0v) is 10.2. The number of halogens is 1. The highest BCUT2D eigenvalue weighted by molar-refractivity contribution is 6.32. The van der Waals surface area contributed by atoms with Crippen LogP contribution < -0.4 is 4.74 Å². The van der Waals surface area contributed by atoms with Crippen molar-refractivity contribution in [2.24, 2.45) is 0 Å². The fourth-order valence-electron chi connectivity index (χ4n) is 1.29. The van der Waals surface area contributed by atoms with Crippen molar-refractivity contribution in [3.05, 3.63) is 28.8 Å². The van der Waals surface area contributed by atoms with Crippen molar-refractivity contribution in [3.63, 3.8) is 0 Å². The molecule has 0 bridgehead atoms. The summed E-state index contributed by atoms with van der Waals surface area (Å²) in [5.41, 5.74) is 0.697. The molecule has 0 heterocycles. The first kappa shape index (κ1) is 13.3. The van der Waals surface area contributed by atoms with Gasteiger partial charge >= 0.3 is 0 Å². The maximum Gasteiger partial charge on any atom is 0.143 e. The van der Waals surface area contributed by atoms with E-state index in [0.29, 0.717) is 29.5 Å². The second kappa shape index (κ2) is 7.49. The van der Waals surface area contributed by atoms with E-state index in [0.717, 1.165) is 13.0 Å². The number of rotatable bonds is 7. The van der Waals surface area contributed by atoms with E-state index in [1.807, 2.05) is 0 Å². The molecule has 3 nitrogen and oxygen atoms in total. The molecule has 1 N–H and O–H groups in total. The Morgan fingerprint density at radius 3 is 2.75 bits per heavy atom. The molecule has 1 aromatic carbocycles. The molecular weight excluding hydrogens is 228 g/mol.